The summed E-state index contributed by atoms with van der Waals surface area (Å²) in [7, 11) is 1.59. The Bertz CT molecular complexity index is 642. The second-order valence-corrected chi connectivity index (χ2v) is 4.17. The van der Waals surface area contributed by atoms with Crippen LogP contribution in [-0.4, -0.2) is 23.1 Å². The largest absolute Gasteiger partial charge is 0.504 e. The van der Waals surface area contributed by atoms with Crippen molar-refractivity contribution in [2.75, 3.05) is 7.11 Å². The van der Waals surface area contributed by atoms with Crippen LogP contribution < -0.4 is 4.74 Å². The van der Waals surface area contributed by atoms with Crippen LogP contribution in [0.3, 0.4) is 0 Å². The molecule has 0 fully saturated rings. The maximum atomic E-state index is 11.9. The van der Waals surface area contributed by atoms with E-state index in [1.54, 1.807) is 25.3 Å². The van der Waals surface area contributed by atoms with E-state index in [1.807, 2.05) is 12.1 Å². The minimum absolute atomic E-state index is 0.249. The summed E-state index contributed by atoms with van der Waals surface area (Å²) in [4.78, 5) is 11.9. The molecular formula is C16H14O4. The number of ether oxygens (including phenoxy) is 1. The third-order valence-electron chi connectivity index (χ3n) is 2.80. The van der Waals surface area contributed by atoms with Crippen LogP contribution in [-0.2, 0) is 0 Å². The fourth-order valence-corrected chi connectivity index (χ4v) is 1.66. The average molecular weight is 270 g/mol. The van der Waals surface area contributed by atoms with E-state index in [0.717, 1.165) is 11.3 Å². The molecule has 2 aromatic rings. The van der Waals surface area contributed by atoms with E-state index in [4.69, 9.17) is 4.74 Å². The molecule has 0 saturated heterocycles. The van der Waals surface area contributed by atoms with Crippen molar-refractivity contribution in [3.05, 3.63) is 59.7 Å². The third kappa shape index (κ3) is 3.17. The van der Waals surface area contributed by atoms with Crippen LogP contribution in [0.25, 0.3) is 6.08 Å². The summed E-state index contributed by atoms with van der Waals surface area (Å²) in [6.07, 6.45) is 3.08. The standard InChI is InChI=1S/C16H14O4/c1-20-13-6-2-11(3-7-13)4-8-14(17)12-5-9-15(18)16(19)10-12/h2-10,18-19H,1H3/b8-4+. The summed E-state index contributed by atoms with van der Waals surface area (Å²) in [6, 6.07) is 11.2. The molecule has 0 radical (unpaired) electrons. The third-order valence-corrected chi connectivity index (χ3v) is 2.80. The maximum Gasteiger partial charge on any atom is 0.185 e. The van der Waals surface area contributed by atoms with Crippen molar-refractivity contribution in [2.24, 2.45) is 0 Å². The van der Waals surface area contributed by atoms with Crippen LogP contribution in [0.15, 0.2) is 48.5 Å². The second kappa shape index (κ2) is 5.93. The number of carbonyl (C=O) groups excluding carboxylic acids is 1. The van der Waals surface area contributed by atoms with Gasteiger partial charge in [0, 0.05) is 5.56 Å². The smallest absolute Gasteiger partial charge is 0.185 e. The number of benzene rings is 2. The van der Waals surface area contributed by atoms with Gasteiger partial charge in [-0.15, -0.1) is 0 Å². The number of methoxy groups -OCH3 is 1. The van der Waals surface area contributed by atoms with Gasteiger partial charge in [0.25, 0.3) is 0 Å². The summed E-state index contributed by atoms with van der Waals surface area (Å²) in [5, 5.41) is 18.5. The highest BCUT2D eigenvalue weighted by Crippen LogP contribution is 2.25. The van der Waals surface area contributed by atoms with E-state index in [9.17, 15) is 15.0 Å². The summed E-state index contributed by atoms with van der Waals surface area (Å²) in [5.41, 5.74) is 1.17. The quantitative estimate of drug-likeness (QED) is 0.509. The summed E-state index contributed by atoms with van der Waals surface area (Å²) < 4.78 is 5.05. The van der Waals surface area contributed by atoms with Crippen molar-refractivity contribution in [1.29, 1.82) is 0 Å². The lowest BCUT2D eigenvalue weighted by molar-refractivity contribution is 0.104. The number of allylic oxidation sites excluding steroid dienone is 1. The number of ketones is 1. The van der Waals surface area contributed by atoms with Gasteiger partial charge in [-0.1, -0.05) is 18.2 Å². The van der Waals surface area contributed by atoms with Crippen LogP contribution in [0, 0.1) is 0 Å². The molecule has 0 amide bonds. The summed E-state index contributed by atoms with van der Waals surface area (Å²) in [5.74, 6) is -0.0672. The van der Waals surface area contributed by atoms with Gasteiger partial charge in [0.1, 0.15) is 5.75 Å². The van der Waals surface area contributed by atoms with Crippen molar-refractivity contribution in [3.8, 4) is 17.2 Å². The molecule has 2 N–H and O–H groups in total. The molecule has 2 rings (SSSR count). The van der Waals surface area contributed by atoms with Crippen molar-refractivity contribution in [2.45, 2.75) is 0 Å². The molecule has 4 heteroatoms. The van der Waals surface area contributed by atoms with Gasteiger partial charge in [-0.25, -0.2) is 0 Å². The Balaban J connectivity index is 2.13. The van der Waals surface area contributed by atoms with Crippen LogP contribution >= 0.6 is 0 Å². The molecular weight excluding hydrogens is 256 g/mol. The number of carbonyl (C=O) groups is 1. The SMILES string of the molecule is COc1ccc(/C=C/C(=O)c2ccc(O)c(O)c2)cc1. The highest BCUT2D eigenvalue weighted by atomic mass is 16.5. The molecule has 0 aliphatic rings. The first-order valence-electron chi connectivity index (χ1n) is 5.98. The lowest BCUT2D eigenvalue weighted by atomic mass is 10.1. The molecule has 0 saturated carbocycles. The van der Waals surface area contributed by atoms with E-state index in [2.05, 4.69) is 0 Å². The molecule has 2 aromatic carbocycles. The Hall–Kier alpha value is -2.75. The topological polar surface area (TPSA) is 66.8 Å². The molecule has 20 heavy (non-hydrogen) atoms. The van der Waals surface area contributed by atoms with Gasteiger partial charge in [0.15, 0.2) is 17.3 Å². The molecule has 0 unspecified atom stereocenters. The molecule has 0 heterocycles. The van der Waals surface area contributed by atoms with E-state index >= 15 is 0 Å². The molecule has 4 nitrogen and oxygen atoms in total. The van der Waals surface area contributed by atoms with Gasteiger partial charge in [-0.2, -0.15) is 0 Å². The van der Waals surface area contributed by atoms with Gasteiger partial charge in [0.05, 0.1) is 7.11 Å². The first-order valence-corrected chi connectivity index (χ1v) is 5.98. The van der Waals surface area contributed by atoms with Crippen LogP contribution in [0.5, 0.6) is 17.2 Å². The predicted molar refractivity (Wildman–Crippen MR) is 76.1 cm³/mol. The molecule has 0 aliphatic heterocycles. The minimum atomic E-state index is -0.311. The van der Waals surface area contributed by atoms with Gasteiger partial charge in [-0.3, -0.25) is 4.79 Å². The van der Waals surface area contributed by atoms with Crippen LogP contribution in [0.2, 0.25) is 0 Å². The highest BCUT2D eigenvalue weighted by Gasteiger charge is 2.05. The fraction of sp³-hybridized carbons (Fsp3) is 0.0625. The van der Waals surface area contributed by atoms with Gasteiger partial charge < -0.3 is 14.9 Å². The molecule has 102 valence electrons. The molecule has 0 atom stereocenters. The summed E-state index contributed by atoms with van der Waals surface area (Å²) >= 11 is 0. The van der Waals surface area contributed by atoms with Crippen molar-refractivity contribution in [3.63, 3.8) is 0 Å². The summed E-state index contributed by atoms with van der Waals surface area (Å²) in [6.45, 7) is 0. The van der Waals surface area contributed by atoms with Crippen molar-refractivity contribution >= 4 is 11.9 Å². The van der Waals surface area contributed by atoms with Gasteiger partial charge >= 0.3 is 0 Å². The predicted octanol–water partition coefficient (Wildman–Crippen LogP) is 3.00. The highest BCUT2D eigenvalue weighted by molar-refractivity contribution is 6.07. The first kappa shape index (κ1) is 13.7. The molecule has 0 aliphatic carbocycles. The fourth-order valence-electron chi connectivity index (χ4n) is 1.66. The first-order chi connectivity index (χ1) is 9.60. The molecule has 0 bridgehead atoms. The molecule has 0 spiro atoms. The minimum Gasteiger partial charge on any atom is -0.504 e. The van der Waals surface area contributed by atoms with E-state index in [-0.39, 0.29) is 17.3 Å². The second-order valence-electron chi connectivity index (χ2n) is 4.17. The zero-order valence-corrected chi connectivity index (χ0v) is 10.9. The lowest BCUT2D eigenvalue weighted by Crippen LogP contribution is -1.93. The Morgan fingerprint density at radius 1 is 1.05 bits per heavy atom. The number of hydrogen-bond acceptors (Lipinski definition) is 4. The number of hydrogen-bond donors (Lipinski definition) is 2. The lowest BCUT2D eigenvalue weighted by Gasteiger charge is -2.00. The average Bonchev–Trinajstić information content (AvgIpc) is 2.48. The maximum absolute atomic E-state index is 11.9. The van der Waals surface area contributed by atoms with E-state index in [0.29, 0.717) is 5.56 Å². The van der Waals surface area contributed by atoms with Crippen LogP contribution in [0.4, 0.5) is 0 Å². The number of phenolic OH excluding ortho intramolecular Hbond substituents is 2. The Morgan fingerprint density at radius 2 is 1.75 bits per heavy atom. The van der Waals surface area contributed by atoms with Crippen molar-refractivity contribution in [1.82, 2.24) is 0 Å². The number of rotatable bonds is 4. The zero-order chi connectivity index (χ0) is 14.5. The zero-order valence-electron chi connectivity index (χ0n) is 10.9. The number of phenols is 2. The van der Waals surface area contributed by atoms with E-state index in [1.165, 1.54) is 24.3 Å². The Morgan fingerprint density at radius 3 is 2.35 bits per heavy atom. The van der Waals surface area contributed by atoms with Gasteiger partial charge in [0.2, 0.25) is 0 Å². The van der Waals surface area contributed by atoms with E-state index < -0.39 is 0 Å². The normalized spacial score (nSPS) is 10.7. The molecule has 0 aromatic heterocycles. The monoisotopic (exact) mass is 270 g/mol. The Kier molecular flexibility index (Phi) is 4.05. The van der Waals surface area contributed by atoms with Crippen molar-refractivity contribution < 1.29 is 19.7 Å². The van der Waals surface area contributed by atoms with Gasteiger partial charge in [-0.05, 0) is 42.0 Å². The Labute approximate surface area is 116 Å². The van der Waals surface area contributed by atoms with Crippen LogP contribution in [0.1, 0.15) is 15.9 Å². The number of aromatic hydroxyl groups is 2.